The first-order chi connectivity index (χ1) is 8.05. The number of nitrogens with zero attached hydrogens (tertiary/aromatic N) is 3. The molecule has 0 radical (unpaired) electrons. The van der Waals surface area contributed by atoms with Crippen molar-refractivity contribution in [3.05, 3.63) is 23.9 Å². The number of carbonyl (C=O) groups is 1. The number of alkyl halides is 1. The highest BCUT2D eigenvalue weighted by Crippen LogP contribution is 2.28. The normalized spacial score (nSPS) is 23.4. The summed E-state index contributed by atoms with van der Waals surface area (Å²) in [6, 6.07) is 5.11. The third kappa shape index (κ3) is 2.04. The lowest BCUT2D eigenvalue weighted by molar-refractivity contribution is -0.128. The summed E-state index contributed by atoms with van der Waals surface area (Å²) in [5.74, 6) is -0.457. The van der Waals surface area contributed by atoms with Gasteiger partial charge in [-0.3, -0.25) is 4.79 Å². The Hall–Kier alpha value is -2.16. The van der Waals surface area contributed by atoms with Crippen LogP contribution in [0.5, 0.6) is 0 Å². The molecule has 2 N–H and O–H groups in total. The van der Waals surface area contributed by atoms with Crippen molar-refractivity contribution in [2.45, 2.75) is 12.1 Å². The highest BCUT2D eigenvalue weighted by Gasteiger charge is 2.44. The fourth-order valence-corrected chi connectivity index (χ4v) is 1.83. The van der Waals surface area contributed by atoms with Crippen LogP contribution >= 0.6 is 0 Å². The van der Waals surface area contributed by atoms with Crippen LogP contribution in [-0.4, -0.2) is 29.6 Å². The monoisotopic (exact) mass is 234 g/mol. The zero-order valence-electron chi connectivity index (χ0n) is 9.06. The summed E-state index contributed by atoms with van der Waals surface area (Å²) in [5, 5.41) is 8.75. The minimum absolute atomic E-state index is 0.0563. The van der Waals surface area contributed by atoms with Crippen molar-refractivity contribution in [3.63, 3.8) is 0 Å². The second-order valence-corrected chi connectivity index (χ2v) is 4.02. The number of rotatable bonds is 2. The molecule has 5 nitrogen and oxygen atoms in total. The Morgan fingerprint density at radius 1 is 1.71 bits per heavy atom. The Balaban J connectivity index is 2.21. The minimum Gasteiger partial charge on any atom is -0.367 e. The van der Waals surface area contributed by atoms with E-state index in [1.165, 1.54) is 6.20 Å². The van der Waals surface area contributed by atoms with Crippen molar-refractivity contribution < 1.29 is 9.18 Å². The highest BCUT2D eigenvalue weighted by atomic mass is 19.1. The number of hydrogen-bond donors (Lipinski definition) is 1. The fraction of sp³-hybridized carbons (Fsp3) is 0.364. The van der Waals surface area contributed by atoms with Crippen LogP contribution in [0, 0.1) is 11.3 Å². The number of amides is 1. The van der Waals surface area contributed by atoms with E-state index in [4.69, 9.17) is 11.0 Å². The van der Waals surface area contributed by atoms with E-state index >= 15 is 0 Å². The van der Waals surface area contributed by atoms with Crippen molar-refractivity contribution in [2.24, 2.45) is 5.73 Å². The van der Waals surface area contributed by atoms with E-state index in [1.54, 1.807) is 17.0 Å². The number of aromatic nitrogens is 1. The predicted octanol–water partition coefficient (Wildman–Crippen LogP) is 0.357. The van der Waals surface area contributed by atoms with Gasteiger partial charge in [0.05, 0.1) is 18.2 Å². The van der Waals surface area contributed by atoms with Gasteiger partial charge in [0.25, 0.3) is 5.91 Å². The molecule has 17 heavy (non-hydrogen) atoms. The molecule has 1 aromatic heterocycles. The quantitative estimate of drug-likeness (QED) is 0.800. The van der Waals surface area contributed by atoms with Gasteiger partial charge in [-0.1, -0.05) is 0 Å². The van der Waals surface area contributed by atoms with Gasteiger partial charge in [0.1, 0.15) is 5.82 Å². The number of hydrogen-bond acceptors (Lipinski definition) is 4. The first-order valence-electron chi connectivity index (χ1n) is 5.15. The van der Waals surface area contributed by atoms with Gasteiger partial charge in [-0.2, -0.15) is 5.26 Å². The molecule has 0 aliphatic carbocycles. The van der Waals surface area contributed by atoms with Gasteiger partial charge in [0.2, 0.25) is 5.67 Å². The van der Waals surface area contributed by atoms with Gasteiger partial charge >= 0.3 is 0 Å². The second kappa shape index (κ2) is 4.01. The molecule has 1 atom stereocenters. The summed E-state index contributed by atoms with van der Waals surface area (Å²) in [6.07, 6.45) is 1.54. The van der Waals surface area contributed by atoms with Crippen LogP contribution in [0.15, 0.2) is 18.3 Å². The molecule has 0 saturated carbocycles. The summed E-state index contributed by atoms with van der Waals surface area (Å²) >= 11 is 0. The van der Waals surface area contributed by atoms with Crippen LogP contribution in [-0.2, 0) is 4.79 Å². The molecule has 1 aromatic rings. The molecule has 6 heteroatoms. The Bertz CT molecular complexity index is 498. The Morgan fingerprint density at radius 3 is 3.06 bits per heavy atom. The number of halogens is 1. The molecule has 2 heterocycles. The zero-order valence-corrected chi connectivity index (χ0v) is 9.06. The first-order valence-corrected chi connectivity index (χ1v) is 5.15. The molecular formula is C11H11FN4O. The summed E-state index contributed by atoms with van der Waals surface area (Å²) < 4.78 is 13.9. The maximum absolute atomic E-state index is 13.9. The molecule has 1 amide bonds. The van der Waals surface area contributed by atoms with Crippen molar-refractivity contribution in [3.8, 4) is 6.07 Å². The van der Waals surface area contributed by atoms with Gasteiger partial charge in [-0.15, -0.1) is 0 Å². The number of nitriles is 1. The molecule has 0 bridgehead atoms. The Morgan fingerprint density at radius 2 is 2.47 bits per heavy atom. The average Bonchev–Trinajstić information content (AvgIpc) is 2.74. The third-order valence-corrected chi connectivity index (χ3v) is 2.86. The molecular weight excluding hydrogens is 223 g/mol. The summed E-state index contributed by atoms with van der Waals surface area (Å²) in [6.45, 7) is 0.255. The minimum atomic E-state index is -2.00. The molecule has 1 saturated heterocycles. The molecule has 88 valence electrons. The summed E-state index contributed by atoms with van der Waals surface area (Å²) in [5.41, 5.74) is 3.47. The van der Waals surface area contributed by atoms with E-state index in [9.17, 15) is 9.18 Å². The van der Waals surface area contributed by atoms with Crippen molar-refractivity contribution in [1.29, 1.82) is 5.26 Å². The van der Waals surface area contributed by atoms with Gasteiger partial charge in [0.15, 0.2) is 0 Å². The van der Waals surface area contributed by atoms with Crippen LogP contribution in [0.1, 0.15) is 12.0 Å². The largest absolute Gasteiger partial charge is 0.367 e. The molecule has 1 fully saturated rings. The van der Waals surface area contributed by atoms with E-state index in [1.807, 2.05) is 6.07 Å². The number of pyridine rings is 1. The molecule has 1 aliphatic rings. The molecule has 1 unspecified atom stereocenters. The molecule has 1 aliphatic heterocycles. The molecule has 0 spiro atoms. The Labute approximate surface area is 97.7 Å². The van der Waals surface area contributed by atoms with Gasteiger partial charge < -0.3 is 10.6 Å². The van der Waals surface area contributed by atoms with E-state index in [0.717, 1.165) is 0 Å². The van der Waals surface area contributed by atoms with E-state index in [2.05, 4.69) is 4.98 Å². The lowest BCUT2D eigenvalue weighted by Gasteiger charge is -2.18. The SMILES string of the molecule is N#Cc1ccnc(N2CCC(F)(C(N)=O)C2)c1. The topological polar surface area (TPSA) is 83.0 Å². The first kappa shape index (κ1) is 11.3. The smallest absolute Gasteiger partial charge is 0.257 e. The van der Waals surface area contributed by atoms with E-state index < -0.39 is 11.6 Å². The van der Waals surface area contributed by atoms with Crippen molar-refractivity contribution in [2.75, 3.05) is 18.0 Å². The summed E-state index contributed by atoms with van der Waals surface area (Å²) in [4.78, 5) is 16.6. The van der Waals surface area contributed by atoms with Crippen LogP contribution in [0.2, 0.25) is 0 Å². The lowest BCUT2D eigenvalue weighted by atomic mass is 10.1. The molecule has 2 rings (SSSR count). The second-order valence-electron chi connectivity index (χ2n) is 4.02. The predicted molar refractivity (Wildman–Crippen MR) is 58.8 cm³/mol. The standard InChI is InChI=1S/C11H11FN4O/c12-11(10(14)17)2-4-16(7-11)9-5-8(6-13)1-3-15-9/h1,3,5H,2,4,7H2,(H2,14,17). The molecule has 0 aromatic carbocycles. The zero-order chi connectivity index (χ0) is 12.5. The number of carbonyl (C=O) groups excluding carboxylic acids is 1. The van der Waals surface area contributed by atoms with Crippen molar-refractivity contribution >= 4 is 11.7 Å². The Kier molecular flexibility index (Phi) is 2.68. The highest BCUT2D eigenvalue weighted by molar-refractivity contribution is 5.85. The number of primary amides is 1. The maximum Gasteiger partial charge on any atom is 0.257 e. The van der Waals surface area contributed by atoms with Gasteiger partial charge in [-0.25, -0.2) is 9.37 Å². The van der Waals surface area contributed by atoms with E-state index in [0.29, 0.717) is 17.9 Å². The van der Waals surface area contributed by atoms with Crippen LogP contribution < -0.4 is 10.6 Å². The average molecular weight is 234 g/mol. The van der Waals surface area contributed by atoms with Crippen LogP contribution in [0.3, 0.4) is 0 Å². The van der Waals surface area contributed by atoms with Gasteiger partial charge in [0, 0.05) is 19.2 Å². The van der Waals surface area contributed by atoms with Gasteiger partial charge in [-0.05, 0) is 12.1 Å². The maximum atomic E-state index is 13.9. The number of anilines is 1. The van der Waals surface area contributed by atoms with Crippen molar-refractivity contribution in [1.82, 2.24) is 4.98 Å². The third-order valence-electron chi connectivity index (χ3n) is 2.86. The van der Waals surface area contributed by atoms with Crippen LogP contribution in [0.4, 0.5) is 10.2 Å². The number of nitrogens with two attached hydrogens (primary N) is 1. The lowest BCUT2D eigenvalue weighted by Crippen LogP contribution is -2.42. The van der Waals surface area contributed by atoms with E-state index in [-0.39, 0.29) is 13.0 Å². The summed E-state index contributed by atoms with van der Waals surface area (Å²) in [7, 11) is 0. The fourth-order valence-electron chi connectivity index (χ4n) is 1.83. The van der Waals surface area contributed by atoms with Crippen LogP contribution in [0.25, 0.3) is 0 Å².